The third kappa shape index (κ3) is 9.75. The Hall–Kier alpha value is -1.18. The van der Waals surface area contributed by atoms with Crippen LogP contribution in [0, 0.1) is 22.4 Å². The molecule has 0 aliphatic carbocycles. The smallest absolute Gasteiger partial charge is 0.386 e. The summed E-state index contributed by atoms with van der Waals surface area (Å²) >= 11 is 3.07. The van der Waals surface area contributed by atoms with Crippen molar-refractivity contribution in [1.29, 1.82) is 0 Å². The number of anilines is 1. The van der Waals surface area contributed by atoms with E-state index in [-0.39, 0.29) is 47.6 Å². The van der Waals surface area contributed by atoms with Crippen LogP contribution in [-0.2, 0) is 0 Å². The van der Waals surface area contributed by atoms with Gasteiger partial charge in [-0.15, -0.1) is 33.7 Å². The summed E-state index contributed by atoms with van der Waals surface area (Å²) in [5, 5.41) is 31.0. The summed E-state index contributed by atoms with van der Waals surface area (Å²) in [6.07, 6.45) is 0.684. The van der Waals surface area contributed by atoms with Gasteiger partial charge in [0, 0.05) is 23.5 Å². The molecule has 0 aliphatic heterocycles. The minimum Gasteiger partial charge on any atom is -0.386 e. The summed E-state index contributed by atoms with van der Waals surface area (Å²) in [5.74, 6) is 0. The normalized spacial score (nSPS) is 11.7. The number of halogens is 1. The molecule has 3 rings (SSSR count). The first-order valence-corrected chi connectivity index (χ1v) is 10.6. The monoisotopic (exact) mass is 505 g/mol. The van der Waals surface area contributed by atoms with Crippen LogP contribution in [0.4, 0.5) is 11.4 Å². The average molecular weight is 506 g/mol. The molecule has 3 aromatic rings. The molecule has 0 bridgehead atoms. The van der Waals surface area contributed by atoms with Gasteiger partial charge in [0.2, 0.25) is 0 Å². The summed E-state index contributed by atoms with van der Waals surface area (Å²) in [6.45, 7) is 2.46. The Kier molecular flexibility index (Phi) is 15.0. The molecule has 6 nitrogen and oxygen atoms in total. The zero-order valence-corrected chi connectivity index (χ0v) is 20.3. The van der Waals surface area contributed by atoms with E-state index in [1.54, 1.807) is 23.5 Å². The molecular weight excluding hydrogens is 481 g/mol. The van der Waals surface area contributed by atoms with Crippen molar-refractivity contribution in [3.63, 3.8) is 0 Å². The summed E-state index contributed by atoms with van der Waals surface area (Å²) < 4.78 is 0. The van der Waals surface area contributed by atoms with E-state index in [9.17, 15) is 15.2 Å². The van der Waals surface area contributed by atoms with Crippen molar-refractivity contribution in [1.82, 2.24) is 0 Å². The first kappa shape index (κ1) is 28.8. The number of aliphatic hydroxyl groups excluding tert-OH is 1. The van der Waals surface area contributed by atoms with E-state index in [0.717, 1.165) is 10.4 Å². The molecule has 0 saturated carbocycles. The molecule has 2 atom stereocenters. The van der Waals surface area contributed by atoms with Crippen molar-refractivity contribution in [2.45, 2.75) is 31.9 Å². The molecule has 0 radical (unpaired) electrons. The number of hydrogen-bond acceptors (Lipinski definition) is 7. The molecule has 2 unspecified atom stereocenters. The van der Waals surface area contributed by atoms with Gasteiger partial charge < -0.3 is 27.5 Å². The molecule has 0 fully saturated rings. The fourth-order valence-corrected chi connectivity index (χ4v) is 3.71. The molecule has 1 aromatic carbocycles. The van der Waals surface area contributed by atoms with Crippen molar-refractivity contribution < 1.29 is 28.9 Å². The minimum atomic E-state index is -0.664. The molecule has 30 heavy (non-hydrogen) atoms. The Labute approximate surface area is 207 Å². The second kappa shape index (κ2) is 15.6. The van der Waals surface area contributed by atoms with Gasteiger partial charge in [0.1, 0.15) is 11.8 Å². The summed E-state index contributed by atoms with van der Waals surface area (Å²) in [7, 11) is 0. The van der Waals surface area contributed by atoms with Gasteiger partial charge in [0.05, 0.1) is 4.92 Å². The maximum absolute atomic E-state index is 11.0. The maximum Gasteiger partial charge on any atom is 1.00 e. The molecule has 0 aliphatic rings. The van der Waals surface area contributed by atoms with Crippen molar-refractivity contribution in [3.8, 4) is 0 Å². The van der Waals surface area contributed by atoms with Crippen molar-refractivity contribution >= 4 is 51.0 Å². The largest absolute Gasteiger partial charge is 1.00 e. The van der Waals surface area contributed by atoms with Gasteiger partial charge in [-0.1, -0.05) is 12.1 Å². The van der Waals surface area contributed by atoms with Crippen LogP contribution in [0.25, 0.3) is 0 Å². The number of aliphatic hydroxyl groups is 1. The molecule has 0 amide bonds. The molecule has 10 heteroatoms. The predicted octanol–water partition coefficient (Wildman–Crippen LogP) is 2.35. The minimum absolute atomic E-state index is 0. The van der Waals surface area contributed by atoms with Crippen molar-refractivity contribution in [3.05, 3.63) is 79.2 Å². The number of rotatable bonds is 8. The third-order valence-electron chi connectivity index (χ3n) is 4.00. The quantitative estimate of drug-likeness (QED) is 0.143. The van der Waals surface area contributed by atoms with Gasteiger partial charge in [-0.3, -0.25) is 10.1 Å². The van der Waals surface area contributed by atoms with Crippen LogP contribution in [-0.4, -0.2) is 22.6 Å². The molecule has 158 valence electrons. The molecule has 2 heterocycles. The molecule has 0 saturated heterocycles. The van der Waals surface area contributed by atoms with E-state index in [0.29, 0.717) is 25.1 Å². The summed E-state index contributed by atoms with van der Waals surface area (Å²) in [5.41, 5.74) is 7.56. The summed E-state index contributed by atoms with van der Waals surface area (Å²) in [4.78, 5) is 11.5. The second-order valence-corrected chi connectivity index (χ2v) is 7.92. The van der Waals surface area contributed by atoms with Crippen LogP contribution < -0.4 is 29.9 Å². The number of benzene rings is 1. The van der Waals surface area contributed by atoms with Gasteiger partial charge >= 0.3 is 18.9 Å². The van der Waals surface area contributed by atoms with Crippen LogP contribution in [0.3, 0.4) is 0 Å². The number of nitro benzene ring substituents is 1. The maximum atomic E-state index is 11.0. The number of nitrogens with two attached hydrogens (primary N) is 1. The van der Waals surface area contributed by atoms with E-state index in [1.165, 1.54) is 17.4 Å². The Morgan fingerprint density at radius 1 is 1.30 bits per heavy atom. The van der Waals surface area contributed by atoms with Crippen LogP contribution in [0.1, 0.15) is 29.4 Å². The molecule has 4 N–H and O–H groups in total. The number of thiophene rings is 2. The fraction of sp³-hybridized carbons (Fsp3) is 0.300. The van der Waals surface area contributed by atoms with Crippen LogP contribution in [0.2, 0.25) is 0 Å². The number of nitro groups is 1. The second-order valence-electron chi connectivity index (χ2n) is 6.20. The Bertz CT molecular complexity index is 819. The molecule has 2 aromatic heterocycles. The Balaban J connectivity index is 0.00000105. The third-order valence-corrected chi connectivity index (χ3v) is 5.51. The van der Waals surface area contributed by atoms with Gasteiger partial charge in [0.15, 0.2) is 0 Å². The molecular formula is C20H25BrLiN3O3S2. The molecule has 0 spiro atoms. The Morgan fingerprint density at radius 2 is 2.07 bits per heavy atom. The average Bonchev–Trinajstić information content (AvgIpc) is 3.40. The van der Waals surface area contributed by atoms with E-state index in [4.69, 9.17) is 5.73 Å². The fourth-order valence-electron chi connectivity index (χ4n) is 2.54. The summed E-state index contributed by atoms with van der Waals surface area (Å²) in [6, 6.07) is 12.2. The first-order chi connectivity index (χ1) is 13.5. The number of hydrogen-bond donors (Lipinski definition) is 3. The van der Waals surface area contributed by atoms with Gasteiger partial charge in [-0.2, -0.15) is 11.4 Å². The zero-order chi connectivity index (χ0) is 20.4. The van der Waals surface area contributed by atoms with Gasteiger partial charge in [-0.25, -0.2) is 6.07 Å². The van der Waals surface area contributed by atoms with Gasteiger partial charge in [-0.05, 0) is 42.8 Å². The first-order valence-electron chi connectivity index (χ1n) is 8.84. The van der Waals surface area contributed by atoms with Crippen LogP contribution in [0.15, 0.2) is 53.2 Å². The number of aryl methyl sites for hydroxylation is 1. The van der Waals surface area contributed by atoms with Crippen LogP contribution in [0.5, 0.6) is 0 Å². The number of nitrogens with zero attached hydrogens (tertiary/aromatic N) is 1. The van der Waals surface area contributed by atoms with Gasteiger partial charge in [0.25, 0.3) is 5.69 Å². The standard InChI is InChI=1S/C16H21N3O3S.C4H3S.BrH.Li/c1-11-6-7-14(19(21)22)13(10-11)18-8-2-4-12(17)16(20)15-5-3-9-23-15;1-2-4-5-3-1;;/h3,5-7,9-10,12,16,18,20H,2,4,8,17H2,1H3;1-3H;1H;/q;-1;;+1. The Morgan fingerprint density at radius 3 is 2.60 bits per heavy atom. The topological polar surface area (TPSA) is 101 Å². The van der Waals surface area contributed by atoms with E-state index >= 15 is 0 Å². The number of nitrogens with one attached hydrogen (secondary N) is 1. The predicted molar refractivity (Wildman–Crippen MR) is 126 cm³/mol. The van der Waals surface area contributed by atoms with Crippen LogP contribution >= 0.6 is 39.7 Å². The van der Waals surface area contributed by atoms with Crippen molar-refractivity contribution in [2.75, 3.05) is 11.9 Å². The zero-order valence-electron chi connectivity index (χ0n) is 17.0. The van der Waals surface area contributed by atoms with E-state index < -0.39 is 11.0 Å². The van der Waals surface area contributed by atoms with E-state index in [1.807, 2.05) is 41.9 Å². The van der Waals surface area contributed by atoms with E-state index in [2.05, 4.69) is 10.7 Å². The van der Waals surface area contributed by atoms with Crippen molar-refractivity contribution in [2.24, 2.45) is 5.73 Å². The SMILES string of the molecule is Br.Cc1ccc([N+](=O)[O-])c(NCCCC(N)C(O)c2cccs2)c1.[Li+].[c-]1cccs1.